The maximum atomic E-state index is 12.6. The Morgan fingerprint density at radius 1 is 1.20 bits per heavy atom. The number of ether oxygens (including phenoxy) is 1. The number of likely N-dealkylation sites (tertiary alicyclic amines) is 1. The summed E-state index contributed by atoms with van der Waals surface area (Å²) in [5, 5.41) is 2.19. The summed E-state index contributed by atoms with van der Waals surface area (Å²) in [6, 6.07) is 10.2. The van der Waals surface area contributed by atoms with E-state index in [9.17, 15) is 4.79 Å². The molecule has 0 radical (unpaired) electrons. The zero-order valence-corrected chi connectivity index (χ0v) is 15.6. The van der Waals surface area contributed by atoms with Crippen molar-refractivity contribution in [3.63, 3.8) is 0 Å². The lowest BCUT2D eigenvalue weighted by molar-refractivity contribution is 0.0221. The monoisotopic (exact) mass is 356 g/mol. The lowest BCUT2D eigenvalue weighted by Crippen LogP contribution is -2.61. The van der Waals surface area contributed by atoms with Crippen molar-refractivity contribution < 1.29 is 9.53 Å². The number of amides is 1. The first-order chi connectivity index (χ1) is 12.1. The first-order valence-corrected chi connectivity index (χ1v) is 9.83. The van der Waals surface area contributed by atoms with E-state index in [-0.39, 0.29) is 12.0 Å². The zero-order valence-electron chi connectivity index (χ0n) is 14.8. The van der Waals surface area contributed by atoms with Crippen molar-refractivity contribution in [2.45, 2.75) is 39.0 Å². The summed E-state index contributed by atoms with van der Waals surface area (Å²) in [5.41, 5.74) is 2.22. The van der Waals surface area contributed by atoms with Crippen molar-refractivity contribution in [3.8, 4) is 5.75 Å². The molecule has 0 aliphatic carbocycles. The summed E-state index contributed by atoms with van der Waals surface area (Å²) in [7, 11) is 0. The summed E-state index contributed by atoms with van der Waals surface area (Å²) in [6.07, 6.45) is 1.29. The van der Waals surface area contributed by atoms with Gasteiger partial charge in [-0.15, -0.1) is 11.3 Å². The molecule has 4 nitrogen and oxygen atoms in total. The summed E-state index contributed by atoms with van der Waals surface area (Å²) in [4.78, 5) is 18.6. The molecule has 0 bridgehead atoms. The molecule has 132 valence electrons. The van der Waals surface area contributed by atoms with Gasteiger partial charge in [0.25, 0.3) is 5.91 Å². The molecule has 3 heterocycles. The first-order valence-electron chi connectivity index (χ1n) is 8.95. The number of fused-ring (bicyclic) bond motifs is 1. The highest BCUT2D eigenvalue weighted by molar-refractivity contribution is 7.10. The topological polar surface area (TPSA) is 32.8 Å². The summed E-state index contributed by atoms with van der Waals surface area (Å²) >= 11 is 1.87. The van der Waals surface area contributed by atoms with Gasteiger partial charge in [-0.25, -0.2) is 0 Å². The highest BCUT2D eigenvalue weighted by Crippen LogP contribution is 2.28. The van der Waals surface area contributed by atoms with E-state index in [0.717, 1.165) is 43.9 Å². The molecule has 0 atom stereocenters. The molecule has 0 N–H and O–H groups in total. The van der Waals surface area contributed by atoms with Crippen molar-refractivity contribution >= 4 is 17.2 Å². The Bertz CT molecular complexity index is 747. The minimum Gasteiger partial charge on any atom is -0.491 e. The molecular formula is C20H24N2O2S. The fraction of sp³-hybridized carbons (Fsp3) is 0.450. The van der Waals surface area contributed by atoms with Crippen LogP contribution in [0, 0.1) is 0 Å². The molecule has 0 saturated carbocycles. The summed E-state index contributed by atoms with van der Waals surface area (Å²) < 4.78 is 5.64. The van der Waals surface area contributed by atoms with Gasteiger partial charge in [0.2, 0.25) is 0 Å². The van der Waals surface area contributed by atoms with Crippen molar-refractivity contribution in [1.82, 2.24) is 9.80 Å². The zero-order chi connectivity index (χ0) is 17.4. The molecule has 2 aliphatic heterocycles. The predicted molar refractivity (Wildman–Crippen MR) is 100 cm³/mol. The minimum atomic E-state index is 0.126. The Hall–Kier alpha value is -1.85. The molecule has 1 aromatic heterocycles. The van der Waals surface area contributed by atoms with E-state index in [1.54, 1.807) is 0 Å². The molecule has 1 saturated heterocycles. The van der Waals surface area contributed by atoms with Crippen LogP contribution < -0.4 is 4.74 Å². The largest absolute Gasteiger partial charge is 0.491 e. The van der Waals surface area contributed by atoms with Gasteiger partial charge in [-0.3, -0.25) is 9.69 Å². The number of thiophene rings is 1. The van der Waals surface area contributed by atoms with E-state index in [4.69, 9.17) is 4.74 Å². The Labute approximate surface area is 153 Å². The highest BCUT2D eigenvalue weighted by Gasteiger charge is 2.36. The van der Waals surface area contributed by atoms with Gasteiger partial charge < -0.3 is 9.64 Å². The molecule has 1 amide bonds. The van der Waals surface area contributed by atoms with Gasteiger partial charge in [0, 0.05) is 42.7 Å². The summed E-state index contributed by atoms with van der Waals surface area (Å²) in [6.45, 7) is 7.82. The van der Waals surface area contributed by atoms with Gasteiger partial charge >= 0.3 is 0 Å². The number of benzene rings is 1. The van der Waals surface area contributed by atoms with Crippen molar-refractivity contribution in [3.05, 3.63) is 51.7 Å². The SMILES string of the molecule is CC(C)Oc1ccc(C(=O)N2CC(N3CCc4sccc4C3)C2)cc1. The standard InChI is InChI=1S/C20H24N2O2S/c1-14(2)24-18-5-3-15(4-6-18)20(23)22-12-17(13-22)21-9-7-19-16(11-21)8-10-25-19/h3-6,8,10,14,17H,7,9,11-13H2,1-2H3. The van der Waals surface area contributed by atoms with E-state index >= 15 is 0 Å². The van der Waals surface area contributed by atoms with Gasteiger partial charge in [0.1, 0.15) is 5.75 Å². The molecule has 25 heavy (non-hydrogen) atoms. The lowest BCUT2D eigenvalue weighted by Gasteiger charge is -2.46. The fourth-order valence-electron chi connectivity index (χ4n) is 3.56. The van der Waals surface area contributed by atoms with Crippen LogP contribution in [0.15, 0.2) is 35.7 Å². The van der Waals surface area contributed by atoms with Crippen LogP contribution in [0.4, 0.5) is 0 Å². The van der Waals surface area contributed by atoms with Crippen molar-refractivity contribution in [2.75, 3.05) is 19.6 Å². The van der Waals surface area contributed by atoms with E-state index in [2.05, 4.69) is 16.3 Å². The molecule has 0 unspecified atom stereocenters. The van der Waals surface area contributed by atoms with E-state index < -0.39 is 0 Å². The molecule has 1 aromatic carbocycles. The van der Waals surface area contributed by atoms with E-state index in [1.807, 2.05) is 54.3 Å². The van der Waals surface area contributed by atoms with Gasteiger partial charge in [-0.1, -0.05) is 0 Å². The Morgan fingerprint density at radius 3 is 2.68 bits per heavy atom. The van der Waals surface area contributed by atoms with E-state index in [0.29, 0.717) is 6.04 Å². The first kappa shape index (κ1) is 16.6. The van der Waals surface area contributed by atoms with Crippen LogP contribution in [0.1, 0.15) is 34.6 Å². The Kier molecular flexibility index (Phi) is 4.52. The molecule has 0 spiro atoms. The molecule has 2 aliphatic rings. The van der Waals surface area contributed by atoms with Crippen molar-refractivity contribution in [2.24, 2.45) is 0 Å². The second-order valence-electron chi connectivity index (χ2n) is 7.14. The summed E-state index contributed by atoms with van der Waals surface area (Å²) in [5.74, 6) is 0.938. The smallest absolute Gasteiger partial charge is 0.253 e. The third-order valence-corrected chi connectivity index (χ3v) is 6.00. The number of carbonyl (C=O) groups excluding carboxylic acids is 1. The van der Waals surface area contributed by atoms with Crippen LogP contribution in [0.25, 0.3) is 0 Å². The van der Waals surface area contributed by atoms with Gasteiger partial charge in [-0.2, -0.15) is 0 Å². The number of hydrogen-bond donors (Lipinski definition) is 0. The van der Waals surface area contributed by atoms with Crippen LogP contribution in [0.5, 0.6) is 5.75 Å². The number of rotatable bonds is 4. The number of nitrogens with zero attached hydrogens (tertiary/aromatic N) is 2. The Balaban J connectivity index is 1.32. The Morgan fingerprint density at radius 2 is 1.96 bits per heavy atom. The molecule has 1 fully saturated rings. The molecule has 4 rings (SSSR count). The molecule has 2 aromatic rings. The predicted octanol–water partition coefficient (Wildman–Crippen LogP) is 3.42. The minimum absolute atomic E-state index is 0.126. The normalized spacial score (nSPS) is 18.1. The third-order valence-electron chi connectivity index (χ3n) is 4.98. The molecular weight excluding hydrogens is 332 g/mol. The van der Waals surface area contributed by atoms with Crippen molar-refractivity contribution in [1.29, 1.82) is 0 Å². The number of carbonyl (C=O) groups is 1. The quantitative estimate of drug-likeness (QED) is 0.841. The highest BCUT2D eigenvalue weighted by atomic mass is 32.1. The van der Waals surface area contributed by atoms with Gasteiger partial charge in [0.05, 0.1) is 6.10 Å². The molecule has 5 heteroatoms. The lowest BCUT2D eigenvalue weighted by atomic mass is 10.0. The van der Waals surface area contributed by atoms with E-state index in [1.165, 1.54) is 10.4 Å². The maximum Gasteiger partial charge on any atom is 0.253 e. The van der Waals surface area contributed by atoms with Crippen LogP contribution in [0.3, 0.4) is 0 Å². The second-order valence-corrected chi connectivity index (χ2v) is 8.15. The second kappa shape index (κ2) is 6.81. The van der Waals surface area contributed by atoms with Crippen LogP contribution in [-0.2, 0) is 13.0 Å². The third kappa shape index (κ3) is 3.44. The average Bonchev–Trinajstić information content (AvgIpc) is 3.01. The van der Waals surface area contributed by atoms with Gasteiger partial charge in [-0.05, 0) is 61.5 Å². The van der Waals surface area contributed by atoms with Crippen LogP contribution >= 0.6 is 11.3 Å². The fourth-order valence-corrected chi connectivity index (χ4v) is 4.45. The van der Waals surface area contributed by atoms with Crippen LogP contribution in [-0.4, -0.2) is 47.5 Å². The van der Waals surface area contributed by atoms with Gasteiger partial charge in [0.15, 0.2) is 0 Å². The maximum absolute atomic E-state index is 12.6. The average molecular weight is 356 g/mol. The number of hydrogen-bond acceptors (Lipinski definition) is 4. The van der Waals surface area contributed by atoms with Crippen LogP contribution in [0.2, 0.25) is 0 Å².